The zero-order valence-corrected chi connectivity index (χ0v) is 18.9. The molecule has 0 aliphatic heterocycles. The molecule has 0 aliphatic carbocycles. The summed E-state index contributed by atoms with van der Waals surface area (Å²) in [5.41, 5.74) is 1.68. The molecule has 0 spiro atoms. The lowest BCUT2D eigenvalue weighted by Crippen LogP contribution is -2.07. The first-order valence-corrected chi connectivity index (χ1v) is 12.0. The lowest BCUT2D eigenvalue weighted by Gasteiger charge is -2.13. The van der Waals surface area contributed by atoms with Crippen LogP contribution in [0.2, 0.25) is 0 Å². The first kappa shape index (κ1) is 23.5. The number of rotatable bonds is 7. The highest BCUT2D eigenvalue weighted by molar-refractivity contribution is 7.91. The van der Waals surface area contributed by atoms with Crippen molar-refractivity contribution >= 4 is 21.3 Å². The first-order chi connectivity index (χ1) is 16.2. The van der Waals surface area contributed by atoms with Crippen molar-refractivity contribution in [1.82, 2.24) is 14.5 Å². The van der Waals surface area contributed by atoms with E-state index in [1.54, 1.807) is 25.5 Å². The molecule has 2 aromatic heterocycles. The maximum Gasteiger partial charge on any atom is 0.417 e. The van der Waals surface area contributed by atoms with E-state index in [0.29, 0.717) is 23.5 Å². The SMILES string of the molecule is CCS(=O)(=O)c1ccc(Nc2ccc(C(F)(F)F)cn2)c(-c2cn(Cc3ccccc3)cn2)c1. The second-order valence-electron chi connectivity index (χ2n) is 7.58. The number of pyridine rings is 1. The van der Waals surface area contributed by atoms with E-state index in [-0.39, 0.29) is 16.5 Å². The van der Waals surface area contributed by atoms with Gasteiger partial charge in [-0.1, -0.05) is 37.3 Å². The fourth-order valence-electron chi connectivity index (χ4n) is 3.36. The molecule has 0 bridgehead atoms. The van der Waals surface area contributed by atoms with Crippen molar-refractivity contribution in [2.24, 2.45) is 0 Å². The maximum atomic E-state index is 12.9. The number of hydrogen-bond acceptors (Lipinski definition) is 5. The van der Waals surface area contributed by atoms with Crippen molar-refractivity contribution in [2.75, 3.05) is 11.1 Å². The Hall–Kier alpha value is -3.66. The molecule has 0 radical (unpaired) electrons. The average Bonchev–Trinajstić information content (AvgIpc) is 3.28. The Kier molecular flexibility index (Phi) is 6.43. The quantitative estimate of drug-likeness (QED) is 0.371. The van der Waals surface area contributed by atoms with E-state index in [9.17, 15) is 21.6 Å². The fraction of sp³-hybridized carbons (Fsp3) is 0.167. The lowest BCUT2D eigenvalue weighted by atomic mass is 10.1. The van der Waals surface area contributed by atoms with Gasteiger partial charge in [0.25, 0.3) is 0 Å². The van der Waals surface area contributed by atoms with Crippen LogP contribution in [0.3, 0.4) is 0 Å². The number of alkyl halides is 3. The number of imidazole rings is 1. The molecular weight excluding hydrogens is 465 g/mol. The van der Waals surface area contributed by atoms with Crippen LogP contribution in [0.5, 0.6) is 0 Å². The molecule has 6 nitrogen and oxygen atoms in total. The molecule has 176 valence electrons. The number of aromatic nitrogens is 3. The predicted octanol–water partition coefficient (Wildman–Crippen LogP) is 5.55. The molecule has 4 rings (SSSR count). The number of sulfone groups is 1. The predicted molar refractivity (Wildman–Crippen MR) is 123 cm³/mol. The molecule has 0 fully saturated rings. The average molecular weight is 487 g/mol. The molecule has 1 N–H and O–H groups in total. The van der Waals surface area contributed by atoms with Crippen LogP contribution in [0.4, 0.5) is 24.7 Å². The highest BCUT2D eigenvalue weighted by atomic mass is 32.2. The van der Waals surface area contributed by atoms with Gasteiger partial charge in [0, 0.05) is 30.2 Å². The zero-order valence-electron chi connectivity index (χ0n) is 18.1. The second-order valence-corrected chi connectivity index (χ2v) is 9.86. The minimum absolute atomic E-state index is 0.0673. The van der Waals surface area contributed by atoms with Gasteiger partial charge >= 0.3 is 6.18 Å². The maximum absolute atomic E-state index is 12.9. The molecule has 2 aromatic carbocycles. The summed E-state index contributed by atoms with van der Waals surface area (Å²) >= 11 is 0. The van der Waals surface area contributed by atoms with Crippen LogP contribution in [-0.2, 0) is 22.6 Å². The van der Waals surface area contributed by atoms with E-state index >= 15 is 0 Å². The number of nitrogens with zero attached hydrogens (tertiary/aromatic N) is 3. The van der Waals surface area contributed by atoms with Gasteiger partial charge in [0.05, 0.1) is 28.2 Å². The Morgan fingerprint density at radius 3 is 2.41 bits per heavy atom. The van der Waals surface area contributed by atoms with Gasteiger partial charge in [0.1, 0.15) is 5.82 Å². The number of halogens is 3. The largest absolute Gasteiger partial charge is 0.417 e. The monoisotopic (exact) mass is 486 g/mol. The highest BCUT2D eigenvalue weighted by Crippen LogP contribution is 2.33. The summed E-state index contributed by atoms with van der Waals surface area (Å²) in [7, 11) is -3.49. The van der Waals surface area contributed by atoms with Gasteiger partial charge in [-0.2, -0.15) is 13.2 Å². The molecule has 0 saturated carbocycles. The number of hydrogen-bond donors (Lipinski definition) is 1. The van der Waals surface area contributed by atoms with Gasteiger partial charge in [0.2, 0.25) is 0 Å². The fourth-order valence-corrected chi connectivity index (χ4v) is 4.26. The van der Waals surface area contributed by atoms with Gasteiger partial charge in [-0.3, -0.25) is 0 Å². The van der Waals surface area contributed by atoms with Crippen molar-refractivity contribution in [3.8, 4) is 11.3 Å². The third-order valence-electron chi connectivity index (χ3n) is 5.20. The van der Waals surface area contributed by atoms with E-state index in [0.717, 1.165) is 17.8 Å². The highest BCUT2D eigenvalue weighted by Gasteiger charge is 2.30. The minimum Gasteiger partial charge on any atom is -0.340 e. The molecule has 0 amide bonds. The molecule has 4 aromatic rings. The van der Waals surface area contributed by atoms with E-state index in [2.05, 4.69) is 15.3 Å². The zero-order chi connectivity index (χ0) is 24.3. The van der Waals surface area contributed by atoms with Crippen molar-refractivity contribution in [1.29, 1.82) is 0 Å². The summed E-state index contributed by atoms with van der Waals surface area (Å²) in [6, 6.07) is 16.4. The summed E-state index contributed by atoms with van der Waals surface area (Å²) in [6.07, 6.45) is -0.315. The normalized spacial score (nSPS) is 12.0. The molecule has 34 heavy (non-hydrogen) atoms. The smallest absolute Gasteiger partial charge is 0.340 e. The van der Waals surface area contributed by atoms with Crippen LogP contribution in [0.1, 0.15) is 18.1 Å². The first-order valence-electron chi connectivity index (χ1n) is 10.4. The van der Waals surface area contributed by atoms with Gasteiger partial charge in [-0.15, -0.1) is 0 Å². The van der Waals surface area contributed by atoms with Crippen molar-refractivity contribution < 1.29 is 21.6 Å². The molecular formula is C24H21F3N4O2S. The van der Waals surface area contributed by atoms with Gasteiger partial charge in [-0.05, 0) is 35.9 Å². The number of nitrogens with one attached hydrogen (secondary N) is 1. The Morgan fingerprint density at radius 1 is 1.00 bits per heavy atom. The van der Waals surface area contributed by atoms with E-state index in [1.165, 1.54) is 18.2 Å². The Labute approximate surface area is 195 Å². The third kappa shape index (κ3) is 5.28. The number of anilines is 2. The van der Waals surface area contributed by atoms with Gasteiger partial charge in [0.15, 0.2) is 9.84 Å². The van der Waals surface area contributed by atoms with Crippen molar-refractivity contribution in [2.45, 2.75) is 24.5 Å². The van der Waals surface area contributed by atoms with E-state index in [4.69, 9.17) is 0 Å². The molecule has 2 heterocycles. The van der Waals surface area contributed by atoms with Crippen molar-refractivity contribution in [3.05, 3.63) is 90.5 Å². The standard InChI is InChI=1S/C24H21F3N4O2S/c1-2-34(32,33)19-9-10-21(30-23-11-8-18(13-28-23)24(25,26)27)20(12-19)22-15-31(16-29-22)14-17-6-4-3-5-7-17/h3-13,15-16H,2,14H2,1H3,(H,28,30). The van der Waals surface area contributed by atoms with Crippen LogP contribution in [0.25, 0.3) is 11.3 Å². The Bertz CT molecular complexity index is 1380. The molecule has 0 unspecified atom stereocenters. The topological polar surface area (TPSA) is 76.9 Å². The third-order valence-corrected chi connectivity index (χ3v) is 6.93. The van der Waals surface area contributed by atoms with Crippen LogP contribution in [0.15, 0.2) is 84.3 Å². The summed E-state index contributed by atoms with van der Waals surface area (Å²) in [4.78, 5) is 8.42. The van der Waals surface area contributed by atoms with Crippen LogP contribution in [0, 0.1) is 0 Å². The van der Waals surface area contributed by atoms with E-state index in [1.807, 2.05) is 34.9 Å². The molecule has 10 heteroatoms. The number of benzene rings is 2. The Morgan fingerprint density at radius 2 is 1.76 bits per heavy atom. The van der Waals surface area contributed by atoms with Crippen LogP contribution >= 0.6 is 0 Å². The van der Waals surface area contributed by atoms with Crippen LogP contribution in [-0.4, -0.2) is 28.7 Å². The summed E-state index contributed by atoms with van der Waals surface area (Å²) in [5.74, 6) is 0.117. The molecule has 0 aliphatic rings. The van der Waals surface area contributed by atoms with Gasteiger partial charge < -0.3 is 9.88 Å². The second kappa shape index (κ2) is 9.30. The van der Waals surface area contributed by atoms with Gasteiger partial charge in [-0.25, -0.2) is 18.4 Å². The van der Waals surface area contributed by atoms with Crippen molar-refractivity contribution in [3.63, 3.8) is 0 Å². The minimum atomic E-state index is -4.49. The molecule has 0 atom stereocenters. The van der Waals surface area contributed by atoms with Crippen LogP contribution < -0.4 is 5.32 Å². The summed E-state index contributed by atoms with van der Waals surface area (Å²) < 4.78 is 65.4. The van der Waals surface area contributed by atoms with E-state index < -0.39 is 21.6 Å². The summed E-state index contributed by atoms with van der Waals surface area (Å²) in [5, 5.41) is 2.98. The molecule has 0 saturated heterocycles. The Balaban J connectivity index is 1.70. The lowest BCUT2D eigenvalue weighted by molar-refractivity contribution is -0.137. The summed E-state index contributed by atoms with van der Waals surface area (Å²) in [6.45, 7) is 2.13.